The van der Waals surface area contributed by atoms with Crippen molar-refractivity contribution in [2.75, 3.05) is 18.0 Å². The summed E-state index contributed by atoms with van der Waals surface area (Å²) in [6.45, 7) is 6.80. The zero-order chi connectivity index (χ0) is 24.6. The number of aliphatic hydroxyl groups excluding tert-OH is 1. The minimum atomic E-state index is -0.967. The second-order valence-corrected chi connectivity index (χ2v) is 9.84. The SMILES string of the molecule is CC(C)(C)c1cc(CCC(=O)Cc2ccc(N3CC(O)C3)c(F)c2)n(-c2ccc(F)c(F)c2)n1. The minimum Gasteiger partial charge on any atom is -0.389 e. The molecule has 0 unspecified atom stereocenters. The van der Waals surface area contributed by atoms with Crippen molar-refractivity contribution < 1.29 is 23.1 Å². The summed E-state index contributed by atoms with van der Waals surface area (Å²) in [4.78, 5) is 14.4. The molecule has 1 saturated heterocycles. The first-order chi connectivity index (χ1) is 16.0. The highest BCUT2D eigenvalue weighted by molar-refractivity contribution is 5.81. The Morgan fingerprint density at radius 3 is 2.38 bits per heavy atom. The molecule has 0 bridgehead atoms. The molecule has 0 radical (unpaired) electrons. The number of ketones is 1. The third-order valence-corrected chi connectivity index (χ3v) is 5.98. The third kappa shape index (κ3) is 5.17. The maximum atomic E-state index is 14.5. The van der Waals surface area contributed by atoms with Crippen LogP contribution in [0.15, 0.2) is 42.5 Å². The van der Waals surface area contributed by atoms with Crippen molar-refractivity contribution in [3.8, 4) is 5.69 Å². The summed E-state index contributed by atoms with van der Waals surface area (Å²) in [5.74, 6) is -2.39. The summed E-state index contributed by atoms with van der Waals surface area (Å²) < 4.78 is 43.3. The second kappa shape index (κ2) is 9.25. The molecule has 0 aliphatic carbocycles. The van der Waals surface area contributed by atoms with E-state index in [1.165, 1.54) is 12.1 Å². The Morgan fingerprint density at radius 2 is 1.76 bits per heavy atom. The molecule has 1 N–H and O–H groups in total. The predicted octanol–water partition coefficient (Wildman–Crippen LogP) is 4.51. The van der Waals surface area contributed by atoms with Crippen LogP contribution in [0.25, 0.3) is 5.69 Å². The normalized spacial score (nSPS) is 14.4. The first kappa shape index (κ1) is 24.0. The molecular formula is C26H28F3N3O2. The molecular weight excluding hydrogens is 443 g/mol. The molecule has 0 atom stereocenters. The van der Waals surface area contributed by atoms with Crippen LogP contribution in [0.5, 0.6) is 0 Å². The van der Waals surface area contributed by atoms with Gasteiger partial charge in [0, 0.05) is 43.1 Å². The van der Waals surface area contributed by atoms with E-state index in [0.29, 0.717) is 42.1 Å². The van der Waals surface area contributed by atoms with Gasteiger partial charge in [-0.2, -0.15) is 5.10 Å². The first-order valence-electron chi connectivity index (χ1n) is 11.3. The molecule has 3 aromatic rings. The van der Waals surface area contributed by atoms with E-state index in [1.54, 1.807) is 21.7 Å². The van der Waals surface area contributed by atoms with Crippen LogP contribution in [0.2, 0.25) is 0 Å². The number of carbonyl (C=O) groups is 1. The molecule has 5 nitrogen and oxygen atoms in total. The van der Waals surface area contributed by atoms with Gasteiger partial charge in [-0.3, -0.25) is 4.79 Å². The monoisotopic (exact) mass is 471 g/mol. The third-order valence-electron chi connectivity index (χ3n) is 5.98. The number of aryl methyl sites for hydroxylation is 1. The van der Waals surface area contributed by atoms with Crippen molar-refractivity contribution in [2.24, 2.45) is 0 Å². The van der Waals surface area contributed by atoms with Crippen LogP contribution < -0.4 is 4.90 Å². The molecule has 1 aromatic heterocycles. The number of β-amino-alcohol motifs (C(OH)–C–C–N with tert-alkyl or cyclic N) is 1. The highest BCUT2D eigenvalue weighted by Crippen LogP contribution is 2.27. The number of halogens is 3. The number of anilines is 1. The van der Waals surface area contributed by atoms with Crippen LogP contribution in [0.4, 0.5) is 18.9 Å². The van der Waals surface area contributed by atoms with Gasteiger partial charge in [0.2, 0.25) is 0 Å². The van der Waals surface area contributed by atoms with Crippen molar-refractivity contribution in [2.45, 2.75) is 51.6 Å². The summed E-state index contributed by atoms with van der Waals surface area (Å²) in [7, 11) is 0. The Bertz CT molecular complexity index is 1210. The molecule has 0 spiro atoms. The molecule has 0 amide bonds. The Hall–Kier alpha value is -3.13. The topological polar surface area (TPSA) is 58.4 Å². The molecule has 8 heteroatoms. The molecule has 2 aromatic carbocycles. The molecule has 180 valence electrons. The van der Waals surface area contributed by atoms with Crippen LogP contribution in [0.3, 0.4) is 0 Å². The van der Waals surface area contributed by atoms with E-state index in [0.717, 1.165) is 17.8 Å². The lowest BCUT2D eigenvalue weighted by Gasteiger charge is -2.38. The number of aromatic nitrogens is 2. The smallest absolute Gasteiger partial charge is 0.160 e. The van der Waals surface area contributed by atoms with E-state index in [1.807, 2.05) is 26.8 Å². The fraction of sp³-hybridized carbons (Fsp3) is 0.385. The van der Waals surface area contributed by atoms with Crippen molar-refractivity contribution in [3.05, 3.63) is 76.9 Å². The van der Waals surface area contributed by atoms with Gasteiger partial charge in [0.05, 0.1) is 23.2 Å². The van der Waals surface area contributed by atoms with E-state index in [2.05, 4.69) is 5.10 Å². The highest BCUT2D eigenvalue weighted by atomic mass is 19.2. The van der Waals surface area contributed by atoms with Crippen LogP contribution >= 0.6 is 0 Å². The average molecular weight is 472 g/mol. The molecule has 1 aliphatic heterocycles. The lowest BCUT2D eigenvalue weighted by molar-refractivity contribution is -0.118. The van der Waals surface area contributed by atoms with Crippen LogP contribution in [0.1, 0.15) is 44.1 Å². The Morgan fingerprint density at radius 1 is 1.03 bits per heavy atom. The Labute approximate surface area is 196 Å². The van der Waals surface area contributed by atoms with Gasteiger partial charge in [-0.25, -0.2) is 17.9 Å². The van der Waals surface area contributed by atoms with E-state index >= 15 is 0 Å². The van der Waals surface area contributed by atoms with Crippen molar-refractivity contribution in [1.29, 1.82) is 0 Å². The number of hydrogen-bond donors (Lipinski definition) is 1. The van der Waals surface area contributed by atoms with Gasteiger partial charge in [-0.1, -0.05) is 26.8 Å². The largest absolute Gasteiger partial charge is 0.389 e. The lowest BCUT2D eigenvalue weighted by atomic mass is 9.92. The van der Waals surface area contributed by atoms with E-state index in [-0.39, 0.29) is 24.0 Å². The second-order valence-electron chi connectivity index (χ2n) is 9.84. The number of aliphatic hydroxyl groups is 1. The van der Waals surface area contributed by atoms with Crippen LogP contribution in [0, 0.1) is 17.5 Å². The summed E-state index contributed by atoms with van der Waals surface area (Å²) in [6, 6.07) is 10.2. The number of rotatable bonds is 7. The number of hydrogen-bond acceptors (Lipinski definition) is 4. The maximum Gasteiger partial charge on any atom is 0.160 e. The fourth-order valence-electron chi connectivity index (χ4n) is 3.96. The zero-order valence-corrected chi connectivity index (χ0v) is 19.5. The highest BCUT2D eigenvalue weighted by Gasteiger charge is 2.27. The molecule has 2 heterocycles. The van der Waals surface area contributed by atoms with Gasteiger partial charge in [0.25, 0.3) is 0 Å². The molecule has 0 saturated carbocycles. The predicted molar refractivity (Wildman–Crippen MR) is 124 cm³/mol. The van der Waals surface area contributed by atoms with Crippen molar-refractivity contribution >= 4 is 11.5 Å². The zero-order valence-electron chi connectivity index (χ0n) is 19.5. The van der Waals surface area contributed by atoms with Gasteiger partial charge in [0.1, 0.15) is 11.6 Å². The van der Waals surface area contributed by atoms with Gasteiger partial charge >= 0.3 is 0 Å². The van der Waals surface area contributed by atoms with E-state index in [4.69, 9.17) is 0 Å². The van der Waals surface area contributed by atoms with E-state index in [9.17, 15) is 23.1 Å². The Balaban J connectivity index is 1.47. The fourth-order valence-corrected chi connectivity index (χ4v) is 3.96. The standard InChI is InChI=1S/C26H28F3N3O2/c1-26(2,3)25-13-18(32(30-25)17-6-8-21(27)22(28)12-17)5-7-19(33)10-16-4-9-24(23(29)11-16)31-14-20(34)15-31/h4,6,8-9,11-13,20,34H,5,7,10,14-15H2,1-3H3. The quantitative estimate of drug-likeness (QED) is 0.551. The summed E-state index contributed by atoms with van der Waals surface area (Å²) >= 11 is 0. The number of carbonyl (C=O) groups excluding carboxylic acids is 1. The first-order valence-corrected chi connectivity index (χ1v) is 11.3. The van der Waals surface area contributed by atoms with Gasteiger partial charge in [-0.05, 0) is 42.3 Å². The molecule has 1 fully saturated rings. The van der Waals surface area contributed by atoms with Gasteiger partial charge < -0.3 is 10.0 Å². The lowest BCUT2D eigenvalue weighted by Crippen LogP contribution is -2.51. The molecule has 1 aliphatic rings. The van der Waals surface area contributed by atoms with Crippen LogP contribution in [-0.4, -0.2) is 39.9 Å². The molecule has 4 rings (SSSR count). The maximum absolute atomic E-state index is 14.5. The molecule has 34 heavy (non-hydrogen) atoms. The summed E-state index contributed by atoms with van der Waals surface area (Å²) in [6.07, 6.45) is 0.207. The van der Waals surface area contributed by atoms with Crippen molar-refractivity contribution in [1.82, 2.24) is 9.78 Å². The average Bonchev–Trinajstić information content (AvgIpc) is 3.17. The van der Waals surface area contributed by atoms with Gasteiger partial charge in [-0.15, -0.1) is 0 Å². The summed E-state index contributed by atoms with van der Waals surface area (Å²) in [5.41, 5.74) is 2.60. The van der Waals surface area contributed by atoms with Crippen molar-refractivity contribution in [3.63, 3.8) is 0 Å². The minimum absolute atomic E-state index is 0.0677. The van der Waals surface area contributed by atoms with E-state index < -0.39 is 23.6 Å². The summed E-state index contributed by atoms with van der Waals surface area (Å²) in [5, 5.41) is 14.0. The van der Waals surface area contributed by atoms with Gasteiger partial charge in [0.15, 0.2) is 11.6 Å². The number of nitrogens with zero attached hydrogens (tertiary/aromatic N) is 3. The van der Waals surface area contributed by atoms with Crippen LogP contribution in [-0.2, 0) is 23.1 Å². The number of benzene rings is 2. The number of Topliss-reactive ketones (excluding diaryl/α,β-unsaturated/α-hetero) is 1. The Kier molecular flexibility index (Phi) is 6.53.